The van der Waals surface area contributed by atoms with Gasteiger partial charge in [-0.2, -0.15) is 0 Å². The summed E-state index contributed by atoms with van der Waals surface area (Å²) in [5, 5.41) is 3.66. The molecule has 2 atom stereocenters. The highest BCUT2D eigenvalue weighted by molar-refractivity contribution is 9.10. The van der Waals surface area contributed by atoms with E-state index in [9.17, 15) is 0 Å². The Morgan fingerprint density at radius 1 is 1.44 bits per heavy atom. The van der Waals surface area contributed by atoms with Crippen LogP contribution in [0, 0.1) is 0 Å². The van der Waals surface area contributed by atoms with Crippen molar-refractivity contribution in [2.75, 3.05) is 6.54 Å². The van der Waals surface area contributed by atoms with Crippen LogP contribution in [0.1, 0.15) is 43.7 Å². The summed E-state index contributed by atoms with van der Waals surface area (Å²) < 4.78 is 1.21. The molecule has 0 bridgehead atoms. The summed E-state index contributed by atoms with van der Waals surface area (Å²) in [7, 11) is 0. The van der Waals surface area contributed by atoms with Gasteiger partial charge in [-0.05, 0) is 55.0 Å². The molecule has 88 valence electrons. The molecule has 2 heteroatoms. The number of nitrogens with one attached hydrogen (secondary N) is 1. The van der Waals surface area contributed by atoms with Crippen LogP contribution >= 0.6 is 15.9 Å². The van der Waals surface area contributed by atoms with Crippen LogP contribution in [-0.2, 0) is 6.42 Å². The molecule has 1 aliphatic carbocycles. The molecule has 16 heavy (non-hydrogen) atoms. The number of hydrogen-bond donors (Lipinski definition) is 1. The van der Waals surface area contributed by atoms with Gasteiger partial charge in [0.2, 0.25) is 0 Å². The molecular weight excluding hydrogens is 262 g/mol. The highest BCUT2D eigenvalue weighted by atomic mass is 79.9. The third-order valence-corrected chi connectivity index (χ3v) is 4.07. The van der Waals surface area contributed by atoms with Crippen molar-refractivity contribution in [2.45, 2.75) is 45.1 Å². The fraction of sp³-hybridized carbons (Fsp3) is 0.571. The Morgan fingerprint density at radius 3 is 3.00 bits per heavy atom. The van der Waals surface area contributed by atoms with Gasteiger partial charge in [0.25, 0.3) is 0 Å². The molecule has 0 spiro atoms. The van der Waals surface area contributed by atoms with E-state index in [-0.39, 0.29) is 0 Å². The summed E-state index contributed by atoms with van der Waals surface area (Å²) in [4.78, 5) is 0. The molecular formula is C14H20BrN. The maximum atomic E-state index is 3.66. The van der Waals surface area contributed by atoms with Gasteiger partial charge in [0, 0.05) is 10.5 Å². The summed E-state index contributed by atoms with van der Waals surface area (Å²) in [6, 6.07) is 7.39. The topological polar surface area (TPSA) is 12.0 Å². The second-order valence-corrected chi connectivity index (χ2v) is 5.65. The predicted octanol–water partition coefficient (Wildman–Crippen LogP) is 3.87. The Hall–Kier alpha value is -0.340. The third-order valence-electron chi connectivity index (χ3n) is 3.58. The first kappa shape index (κ1) is 12.1. The van der Waals surface area contributed by atoms with Gasteiger partial charge in [-0.3, -0.25) is 0 Å². The van der Waals surface area contributed by atoms with Crippen molar-refractivity contribution in [3.63, 3.8) is 0 Å². The second kappa shape index (κ2) is 5.33. The first-order chi connectivity index (χ1) is 7.72. The lowest BCUT2D eigenvalue weighted by atomic mass is 9.80. The van der Waals surface area contributed by atoms with Crippen molar-refractivity contribution in [1.82, 2.24) is 5.32 Å². The monoisotopic (exact) mass is 281 g/mol. The first-order valence-electron chi connectivity index (χ1n) is 6.24. The van der Waals surface area contributed by atoms with Crippen LogP contribution in [0.4, 0.5) is 0 Å². The Morgan fingerprint density at radius 2 is 2.25 bits per heavy atom. The van der Waals surface area contributed by atoms with E-state index in [1.165, 1.54) is 34.9 Å². The number of benzene rings is 1. The molecule has 1 N–H and O–H groups in total. The molecule has 0 saturated carbocycles. The number of hydrogen-bond acceptors (Lipinski definition) is 1. The Kier molecular flexibility index (Phi) is 4.04. The summed E-state index contributed by atoms with van der Waals surface area (Å²) in [6.07, 6.45) is 3.70. The lowest BCUT2D eigenvalue weighted by Crippen LogP contribution is -2.37. The van der Waals surface area contributed by atoms with E-state index in [1.807, 2.05) is 0 Å². The molecule has 0 heterocycles. The maximum Gasteiger partial charge on any atom is 0.0178 e. The van der Waals surface area contributed by atoms with Gasteiger partial charge in [-0.1, -0.05) is 35.8 Å². The van der Waals surface area contributed by atoms with Crippen LogP contribution in [0.5, 0.6) is 0 Å². The van der Waals surface area contributed by atoms with E-state index in [1.54, 1.807) is 0 Å². The van der Waals surface area contributed by atoms with E-state index < -0.39 is 0 Å². The second-order valence-electron chi connectivity index (χ2n) is 4.73. The molecule has 0 aromatic heterocycles. The van der Waals surface area contributed by atoms with Crippen molar-refractivity contribution in [1.29, 1.82) is 0 Å². The van der Waals surface area contributed by atoms with Gasteiger partial charge in [0.05, 0.1) is 0 Å². The molecule has 1 unspecified atom stereocenters. The van der Waals surface area contributed by atoms with Crippen LogP contribution in [0.25, 0.3) is 0 Å². The van der Waals surface area contributed by atoms with Crippen molar-refractivity contribution >= 4 is 15.9 Å². The number of fused-ring (bicyclic) bond motifs is 1. The smallest absolute Gasteiger partial charge is 0.0178 e. The van der Waals surface area contributed by atoms with Crippen molar-refractivity contribution < 1.29 is 0 Å². The summed E-state index contributed by atoms with van der Waals surface area (Å²) in [5.74, 6) is 0.642. The highest BCUT2D eigenvalue weighted by Crippen LogP contribution is 2.33. The van der Waals surface area contributed by atoms with Crippen LogP contribution in [-0.4, -0.2) is 12.6 Å². The average molecular weight is 282 g/mol. The largest absolute Gasteiger partial charge is 0.313 e. The first-order valence-corrected chi connectivity index (χ1v) is 7.03. The van der Waals surface area contributed by atoms with E-state index in [2.05, 4.69) is 53.3 Å². The van der Waals surface area contributed by atoms with Crippen molar-refractivity contribution in [3.05, 3.63) is 33.8 Å². The lowest BCUT2D eigenvalue weighted by Gasteiger charge is -2.32. The molecule has 0 amide bonds. The van der Waals surface area contributed by atoms with Gasteiger partial charge in [0.1, 0.15) is 0 Å². The van der Waals surface area contributed by atoms with E-state index in [4.69, 9.17) is 0 Å². The van der Waals surface area contributed by atoms with Crippen molar-refractivity contribution in [3.8, 4) is 0 Å². The Labute approximate surface area is 107 Å². The molecule has 1 aromatic rings. The maximum absolute atomic E-state index is 3.66. The van der Waals surface area contributed by atoms with Crippen LogP contribution in [0.3, 0.4) is 0 Å². The molecule has 0 radical (unpaired) electrons. The predicted molar refractivity (Wildman–Crippen MR) is 73.0 cm³/mol. The molecule has 0 fully saturated rings. The van der Waals surface area contributed by atoms with E-state index >= 15 is 0 Å². The zero-order valence-corrected chi connectivity index (χ0v) is 11.7. The summed E-state index contributed by atoms with van der Waals surface area (Å²) >= 11 is 3.55. The minimum absolute atomic E-state index is 0.642. The van der Waals surface area contributed by atoms with Crippen LogP contribution < -0.4 is 5.32 Å². The SMILES string of the molecule is CCCN[C@H]1CCc2cc(Br)ccc2C1C. The van der Waals surface area contributed by atoms with Crippen LogP contribution in [0.2, 0.25) is 0 Å². The zero-order chi connectivity index (χ0) is 11.5. The van der Waals surface area contributed by atoms with Gasteiger partial charge >= 0.3 is 0 Å². The Bertz CT molecular complexity index is 362. The zero-order valence-electron chi connectivity index (χ0n) is 10.1. The quantitative estimate of drug-likeness (QED) is 0.887. The summed E-state index contributed by atoms with van der Waals surface area (Å²) in [5.41, 5.74) is 3.06. The van der Waals surface area contributed by atoms with Gasteiger partial charge in [-0.15, -0.1) is 0 Å². The summed E-state index contributed by atoms with van der Waals surface area (Å²) in [6.45, 7) is 5.71. The molecule has 0 saturated heterocycles. The molecule has 1 aliphatic rings. The number of halogens is 1. The standard InChI is InChI=1S/C14H20BrN/c1-3-8-16-14-7-4-11-9-12(15)5-6-13(11)10(14)2/h5-6,9-10,14,16H,3-4,7-8H2,1-2H3/t10?,14-/m0/s1. The highest BCUT2D eigenvalue weighted by Gasteiger charge is 2.25. The fourth-order valence-corrected chi connectivity index (χ4v) is 3.03. The molecule has 1 nitrogen and oxygen atoms in total. The van der Waals surface area contributed by atoms with Crippen molar-refractivity contribution in [2.24, 2.45) is 0 Å². The average Bonchev–Trinajstić information content (AvgIpc) is 2.28. The fourth-order valence-electron chi connectivity index (χ4n) is 2.62. The molecule has 0 aliphatic heterocycles. The number of aryl methyl sites for hydroxylation is 1. The molecule has 1 aromatic carbocycles. The van der Waals surface area contributed by atoms with E-state index in [0.717, 1.165) is 6.54 Å². The van der Waals surface area contributed by atoms with Gasteiger partial charge in [-0.25, -0.2) is 0 Å². The minimum atomic E-state index is 0.642. The van der Waals surface area contributed by atoms with Gasteiger partial charge < -0.3 is 5.32 Å². The minimum Gasteiger partial charge on any atom is -0.313 e. The van der Waals surface area contributed by atoms with E-state index in [0.29, 0.717) is 12.0 Å². The third kappa shape index (κ3) is 2.49. The molecule has 2 rings (SSSR count). The normalized spacial score (nSPS) is 24.2. The van der Waals surface area contributed by atoms with Crippen LogP contribution in [0.15, 0.2) is 22.7 Å². The van der Waals surface area contributed by atoms with Gasteiger partial charge in [0.15, 0.2) is 0 Å². The number of rotatable bonds is 3. The Balaban J connectivity index is 2.15. The lowest BCUT2D eigenvalue weighted by molar-refractivity contribution is 0.404.